The Hall–Kier alpha value is -3.01. The van der Waals surface area contributed by atoms with Gasteiger partial charge in [-0.05, 0) is 37.3 Å². The van der Waals surface area contributed by atoms with Crippen molar-refractivity contribution in [1.82, 2.24) is 5.32 Å². The van der Waals surface area contributed by atoms with Crippen LogP contribution in [0.15, 0.2) is 41.0 Å². The summed E-state index contributed by atoms with van der Waals surface area (Å²) >= 11 is 5.58. The Morgan fingerprint density at radius 1 is 1.24 bits per heavy atom. The van der Waals surface area contributed by atoms with E-state index in [1.807, 2.05) is 0 Å². The van der Waals surface area contributed by atoms with Crippen LogP contribution in [0, 0.1) is 0 Å². The molecule has 2 rings (SSSR count). The third-order valence-electron chi connectivity index (χ3n) is 3.58. The minimum atomic E-state index is -4.74. The van der Waals surface area contributed by atoms with E-state index < -0.39 is 41.3 Å². The van der Waals surface area contributed by atoms with Crippen molar-refractivity contribution in [1.29, 1.82) is 0 Å². The minimum Gasteiger partial charge on any atom is -0.459 e. The quantitative estimate of drug-likeness (QED) is 0.651. The van der Waals surface area contributed by atoms with E-state index in [0.717, 1.165) is 6.07 Å². The molecule has 1 heterocycles. The molecule has 0 saturated carbocycles. The first kappa shape index (κ1) is 22.3. The average molecular weight is 433 g/mol. The van der Waals surface area contributed by atoms with Gasteiger partial charge >= 0.3 is 12.1 Å². The third kappa shape index (κ3) is 6.53. The zero-order valence-corrected chi connectivity index (χ0v) is 15.8. The smallest absolute Gasteiger partial charge is 0.418 e. The highest BCUT2D eigenvalue weighted by Crippen LogP contribution is 2.36. The molecule has 1 unspecified atom stereocenters. The monoisotopic (exact) mass is 432 g/mol. The number of esters is 1. The van der Waals surface area contributed by atoms with Crippen LogP contribution in [-0.2, 0) is 20.5 Å². The Morgan fingerprint density at radius 2 is 1.97 bits per heavy atom. The van der Waals surface area contributed by atoms with E-state index in [4.69, 9.17) is 20.8 Å². The number of hydrogen-bond donors (Lipinski definition) is 2. The van der Waals surface area contributed by atoms with Gasteiger partial charge in [-0.3, -0.25) is 14.4 Å². The average Bonchev–Trinajstić information content (AvgIpc) is 3.17. The van der Waals surface area contributed by atoms with Crippen molar-refractivity contribution < 1.29 is 36.7 Å². The summed E-state index contributed by atoms with van der Waals surface area (Å²) in [5.74, 6) is -2.24. The topological polar surface area (TPSA) is 97.6 Å². The lowest BCUT2D eigenvalue weighted by Crippen LogP contribution is -2.32. The van der Waals surface area contributed by atoms with E-state index in [1.54, 1.807) is 0 Å². The second kappa shape index (κ2) is 9.46. The summed E-state index contributed by atoms with van der Waals surface area (Å²) in [6.07, 6.45) is -5.03. The Labute approximate surface area is 168 Å². The normalized spacial score (nSPS) is 12.2. The number of carbonyl (C=O) groups excluding carboxylic acids is 3. The molecule has 1 aromatic heterocycles. The second-order valence-corrected chi connectivity index (χ2v) is 6.23. The molecule has 2 N–H and O–H groups in total. The molecule has 1 atom stereocenters. The zero-order chi connectivity index (χ0) is 21.6. The Balaban J connectivity index is 1.86. The summed E-state index contributed by atoms with van der Waals surface area (Å²) in [6.45, 7) is 1.12. The fourth-order valence-electron chi connectivity index (χ4n) is 2.18. The number of anilines is 1. The number of rotatable bonds is 7. The highest BCUT2D eigenvalue weighted by atomic mass is 35.5. The predicted molar refractivity (Wildman–Crippen MR) is 96.3 cm³/mol. The standard InChI is InChI=1S/C18H16ClF3N2O5/c1-10(29-15(25)6-7-23-17(27)14-3-2-8-28-14)16(26)24-13-5-4-11(19)9-12(13)18(20,21)22/h2-5,8-10H,6-7H2,1H3,(H,23,27)(H,24,26). The summed E-state index contributed by atoms with van der Waals surface area (Å²) in [5, 5.41) is 4.33. The van der Waals surface area contributed by atoms with Gasteiger partial charge < -0.3 is 19.8 Å². The van der Waals surface area contributed by atoms with Crippen LogP contribution in [0.3, 0.4) is 0 Å². The lowest BCUT2D eigenvalue weighted by atomic mass is 10.1. The fourth-order valence-corrected chi connectivity index (χ4v) is 2.35. The molecule has 0 spiro atoms. The van der Waals surface area contributed by atoms with Gasteiger partial charge in [-0.15, -0.1) is 0 Å². The van der Waals surface area contributed by atoms with Crippen LogP contribution < -0.4 is 10.6 Å². The summed E-state index contributed by atoms with van der Waals surface area (Å²) in [7, 11) is 0. The van der Waals surface area contributed by atoms with Gasteiger partial charge in [0.05, 0.1) is 23.9 Å². The number of benzene rings is 1. The van der Waals surface area contributed by atoms with Gasteiger partial charge in [0.1, 0.15) is 0 Å². The molecule has 0 fully saturated rings. The molecule has 7 nitrogen and oxygen atoms in total. The molecule has 29 heavy (non-hydrogen) atoms. The van der Waals surface area contributed by atoms with Crippen molar-refractivity contribution in [2.24, 2.45) is 0 Å². The Kier molecular flexibility index (Phi) is 7.27. The van der Waals surface area contributed by atoms with Crippen molar-refractivity contribution in [2.75, 3.05) is 11.9 Å². The molecular formula is C18H16ClF3N2O5. The minimum absolute atomic E-state index is 0.0644. The van der Waals surface area contributed by atoms with E-state index >= 15 is 0 Å². The molecule has 0 saturated heterocycles. The van der Waals surface area contributed by atoms with E-state index in [1.165, 1.54) is 31.4 Å². The summed E-state index contributed by atoms with van der Waals surface area (Å²) in [5.41, 5.74) is -1.64. The number of carbonyl (C=O) groups is 3. The number of hydrogen-bond acceptors (Lipinski definition) is 5. The van der Waals surface area contributed by atoms with Crippen LogP contribution in [0.5, 0.6) is 0 Å². The molecule has 0 bridgehead atoms. The van der Waals surface area contributed by atoms with Crippen LogP contribution in [0.1, 0.15) is 29.5 Å². The lowest BCUT2D eigenvalue weighted by molar-refractivity contribution is -0.153. The largest absolute Gasteiger partial charge is 0.459 e. The number of amides is 2. The number of alkyl halides is 3. The predicted octanol–water partition coefficient (Wildman–Crippen LogP) is 3.64. The SMILES string of the molecule is CC(OC(=O)CCNC(=O)c1ccco1)C(=O)Nc1ccc(Cl)cc1C(F)(F)F. The molecule has 2 amide bonds. The fraction of sp³-hybridized carbons (Fsp3) is 0.278. The van der Waals surface area contributed by atoms with Crippen LogP contribution in [-0.4, -0.2) is 30.4 Å². The zero-order valence-electron chi connectivity index (χ0n) is 15.0. The molecule has 156 valence electrons. The maximum atomic E-state index is 13.1. The maximum Gasteiger partial charge on any atom is 0.418 e. The van der Waals surface area contributed by atoms with Crippen LogP contribution in [0.4, 0.5) is 18.9 Å². The van der Waals surface area contributed by atoms with Crippen molar-refractivity contribution in [2.45, 2.75) is 25.6 Å². The molecular weight excluding hydrogens is 417 g/mol. The van der Waals surface area contributed by atoms with Crippen molar-refractivity contribution in [3.8, 4) is 0 Å². The molecule has 0 aliphatic heterocycles. The van der Waals surface area contributed by atoms with Crippen molar-refractivity contribution in [3.05, 3.63) is 52.9 Å². The molecule has 1 aromatic carbocycles. The van der Waals surface area contributed by atoms with Gasteiger partial charge in [0, 0.05) is 11.6 Å². The highest BCUT2D eigenvalue weighted by molar-refractivity contribution is 6.30. The van der Waals surface area contributed by atoms with E-state index in [9.17, 15) is 27.6 Å². The van der Waals surface area contributed by atoms with Crippen LogP contribution in [0.2, 0.25) is 5.02 Å². The van der Waals surface area contributed by atoms with Crippen LogP contribution >= 0.6 is 11.6 Å². The molecule has 2 aromatic rings. The Bertz CT molecular complexity index is 884. The number of ether oxygens (including phenoxy) is 1. The Morgan fingerprint density at radius 3 is 2.59 bits per heavy atom. The molecule has 11 heteroatoms. The van der Waals surface area contributed by atoms with E-state index in [-0.39, 0.29) is 23.7 Å². The third-order valence-corrected chi connectivity index (χ3v) is 3.82. The molecule has 0 aliphatic carbocycles. The van der Waals surface area contributed by atoms with Gasteiger partial charge in [0.2, 0.25) is 0 Å². The first-order valence-electron chi connectivity index (χ1n) is 8.26. The van der Waals surface area contributed by atoms with Gasteiger partial charge in [-0.25, -0.2) is 0 Å². The maximum absolute atomic E-state index is 13.1. The van der Waals surface area contributed by atoms with Gasteiger partial charge in [-0.1, -0.05) is 11.6 Å². The van der Waals surface area contributed by atoms with Gasteiger partial charge in [-0.2, -0.15) is 13.2 Å². The highest BCUT2D eigenvalue weighted by Gasteiger charge is 2.34. The van der Waals surface area contributed by atoms with Gasteiger partial charge in [0.15, 0.2) is 11.9 Å². The van der Waals surface area contributed by atoms with Gasteiger partial charge in [0.25, 0.3) is 11.8 Å². The van der Waals surface area contributed by atoms with E-state index in [2.05, 4.69) is 10.6 Å². The molecule has 0 radical (unpaired) electrons. The van der Waals surface area contributed by atoms with E-state index in [0.29, 0.717) is 6.07 Å². The number of halogens is 4. The van der Waals surface area contributed by atoms with Crippen molar-refractivity contribution >= 4 is 35.1 Å². The first-order chi connectivity index (χ1) is 13.6. The summed E-state index contributed by atoms with van der Waals surface area (Å²) in [4.78, 5) is 35.5. The first-order valence-corrected chi connectivity index (χ1v) is 8.64. The second-order valence-electron chi connectivity index (χ2n) is 5.79. The van der Waals surface area contributed by atoms with Crippen LogP contribution in [0.25, 0.3) is 0 Å². The molecule has 0 aliphatic rings. The number of nitrogens with one attached hydrogen (secondary N) is 2. The summed E-state index contributed by atoms with van der Waals surface area (Å²) in [6, 6.07) is 5.82. The lowest BCUT2D eigenvalue weighted by Gasteiger charge is -2.17. The summed E-state index contributed by atoms with van der Waals surface area (Å²) < 4.78 is 48.9. The van der Waals surface area contributed by atoms with Crippen molar-refractivity contribution in [3.63, 3.8) is 0 Å². The number of furan rings is 1.